The third-order valence-electron chi connectivity index (χ3n) is 3.19. The number of rotatable bonds is 6. The van der Waals surface area contributed by atoms with Gasteiger partial charge in [-0.15, -0.1) is 0 Å². The van der Waals surface area contributed by atoms with E-state index in [0.717, 1.165) is 12.3 Å². The Hall–Kier alpha value is -1.96. The van der Waals surface area contributed by atoms with Crippen molar-refractivity contribution in [1.29, 1.82) is 0 Å². The fraction of sp³-hybridized carbons (Fsp3) is 0.294. The number of methoxy groups -OCH3 is 1. The van der Waals surface area contributed by atoms with Crippen LogP contribution >= 0.6 is 0 Å². The third-order valence-corrected chi connectivity index (χ3v) is 3.19. The number of para-hydroxylation sites is 1. The standard InChI is InChI=1S/C17H21NO/c1-3-4-14-18(15-8-6-5-7-9-15)16-10-12-17(19-2)13-11-16/h5-13H,3-4,14H2,1-2H3. The maximum Gasteiger partial charge on any atom is 0.119 e. The van der Waals surface area contributed by atoms with E-state index < -0.39 is 0 Å². The summed E-state index contributed by atoms with van der Waals surface area (Å²) < 4.78 is 5.22. The van der Waals surface area contributed by atoms with Gasteiger partial charge in [-0.3, -0.25) is 0 Å². The van der Waals surface area contributed by atoms with E-state index in [9.17, 15) is 0 Å². The summed E-state index contributed by atoms with van der Waals surface area (Å²) in [5.74, 6) is 0.896. The van der Waals surface area contributed by atoms with Gasteiger partial charge < -0.3 is 9.64 Å². The van der Waals surface area contributed by atoms with Gasteiger partial charge in [0.1, 0.15) is 5.75 Å². The maximum absolute atomic E-state index is 5.22. The molecule has 0 aromatic heterocycles. The van der Waals surface area contributed by atoms with Crippen molar-refractivity contribution >= 4 is 11.4 Å². The summed E-state index contributed by atoms with van der Waals surface area (Å²) >= 11 is 0. The number of nitrogens with zero attached hydrogens (tertiary/aromatic N) is 1. The molecule has 0 atom stereocenters. The number of hydrogen-bond donors (Lipinski definition) is 0. The molecule has 2 aromatic carbocycles. The molecule has 0 aliphatic carbocycles. The zero-order valence-electron chi connectivity index (χ0n) is 11.7. The monoisotopic (exact) mass is 255 g/mol. The van der Waals surface area contributed by atoms with Gasteiger partial charge in [0.2, 0.25) is 0 Å². The predicted octanol–water partition coefficient (Wildman–Crippen LogP) is 4.63. The van der Waals surface area contributed by atoms with Crippen molar-refractivity contribution in [2.75, 3.05) is 18.6 Å². The molecule has 2 aromatic rings. The van der Waals surface area contributed by atoms with Crippen molar-refractivity contribution in [3.8, 4) is 5.75 Å². The van der Waals surface area contributed by atoms with Gasteiger partial charge in [0.15, 0.2) is 0 Å². The van der Waals surface area contributed by atoms with E-state index >= 15 is 0 Å². The lowest BCUT2D eigenvalue weighted by molar-refractivity contribution is 0.415. The first-order valence-electron chi connectivity index (χ1n) is 6.81. The van der Waals surface area contributed by atoms with Crippen molar-refractivity contribution in [2.45, 2.75) is 19.8 Å². The Kier molecular flexibility index (Phi) is 4.85. The Morgan fingerprint density at radius 1 is 0.895 bits per heavy atom. The van der Waals surface area contributed by atoms with E-state index in [1.54, 1.807) is 7.11 Å². The topological polar surface area (TPSA) is 12.5 Å². The molecular weight excluding hydrogens is 234 g/mol. The van der Waals surface area contributed by atoms with Crippen LogP contribution in [0.25, 0.3) is 0 Å². The molecule has 2 rings (SSSR count). The molecule has 19 heavy (non-hydrogen) atoms. The summed E-state index contributed by atoms with van der Waals surface area (Å²) in [6.45, 7) is 3.25. The van der Waals surface area contributed by atoms with Gasteiger partial charge in [0, 0.05) is 17.9 Å². The minimum atomic E-state index is 0.896. The molecular formula is C17H21NO. The summed E-state index contributed by atoms with van der Waals surface area (Å²) in [6.07, 6.45) is 2.38. The molecule has 0 fully saturated rings. The first-order valence-corrected chi connectivity index (χ1v) is 6.81. The Morgan fingerprint density at radius 3 is 2.11 bits per heavy atom. The van der Waals surface area contributed by atoms with E-state index in [-0.39, 0.29) is 0 Å². The highest BCUT2D eigenvalue weighted by molar-refractivity contribution is 5.63. The van der Waals surface area contributed by atoms with Crippen LogP contribution in [-0.2, 0) is 0 Å². The third kappa shape index (κ3) is 3.50. The maximum atomic E-state index is 5.22. The molecule has 2 nitrogen and oxygen atoms in total. The lowest BCUT2D eigenvalue weighted by Crippen LogP contribution is -2.18. The second kappa shape index (κ2) is 6.83. The average molecular weight is 255 g/mol. The second-order valence-corrected chi connectivity index (χ2v) is 4.54. The van der Waals surface area contributed by atoms with E-state index in [2.05, 4.69) is 54.3 Å². The van der Waals surface area contributed by atoms with E-state index in [1.165, 1.54) is 24.2 Å². The van der Waals surface area contributed by atoms with Crippen LogP contribution < -0.4 is 9.64 Å². The summed E-state index contributed by atoms with van der Waals surface area (Å²) in [4.78, 5) is 2.35. The Balaban J connectivity index is 2.26. The van der Waals surface area contributed by atoms with E-state index in [0.29, 0.717) is 0 Å². The Bertz CT molecular complexity index is 478. The SMILES string of the molecule is CCCCN(c1ccccc1)c1ccc(OC)cc1. The summed E-state index contributed by atoms with van der Waals surface area (Å²) in [7, 11) is 1.70. The smallest absolute Gasteiger partial charge is 0.119 e. The van der Waals surface area contributed by atoms with Crippen LogP contribution in [-0.4, -0.2) is 13.7 Å². The van der Waals surface area contributed by atoms with Crippen molar-refractivity contribution in [3.05, 3.63) is 54.6 Å². The van der Waals surface area contributed by atoms with Crippen LogP contribution in [0.4, 0.5) is 11.4 Å². The van der Waals surface area contributed by atoms with Crippen molar-refractivity contribution in [1.82, 2.24) is 0 Å². The highest BCUT2D eigenvalue weighted by atomic mass is 16.5. The van der Waals surface area contributed by atoms with Gasteiger partial charge in [0.25, 0.3) is 0 Å². The molecule has 0 saturated carbocycles. The van der Waals surface area contributed by atoms with Crippen molar-refractivity contribution < 1.29 is 4.74 Å². The molecule has 0 unspecified atom stereocenters. The molecule has 100 valence electrons. The zero-order chi connectivity index (χ0) is 13.5. The van der Waals surface area contributed by atoms with Crippen LogP contribution in [0.1, 0.15) is 19.8 Å². The molecule has 0 N–H and O–H groups in total. The fourth-order valence-corrected chi connectivity index (χ4v) is 2.09. The summed E-state index contributed by atoms with van der Waals surface area (Å²) in [6, 6.07) is 18.8. The highest BCUT2D eigenvalue weighted by Crippen LogP contribution is 2.27. The second-order valence-electron chi connectivity index (χ2n) is 4.54. The van der Waals surface area contributed by atoms with Gasteiger partial charge in [-0.2, -0.15) is 0 Å². The van der Waals surface area contributed by atoms with Gasteiger partial charge in [-0.05, 0) is 42.8 Å². The predicted molar refractivity (Wildman–Crippen MR) is 81.4 cm³/mol. The van der Waals surface area contributed by atoms with Crippen LogP contribution in [0.5, 0.6) is 5.75 Å². The lowest BCUT2D eigenvalue weighted by atomic mass is 10.2. The van der Waals surface area contributed by atoms with Crippen LogP contribution in [0.2, 0.25) is 0 Å². The number of anilines is 2. The van der Waals surface area contributed by atoms with Gasteiger partial charge in [0.05, 0.1) is 7.11 Å². The minimum Gasteiger partial charge on any atom is -0.497 e. The van der Waals surface area contributed by atoms with Crippen LogP contribution in [0.3, 0.4) is 0 Å². The quantitative estimate of drug-likeness (QED) is 0.746. The minimum absolute atomic E-state index is 0.896. The summed E-state index contributed by atoms with van der Waals surface area (Å²) in [5.41, 5.74) is 2.45. The number of unbranched alkanes of at least 4 members (excludes halogenated alkanes) is 1. The molecule has 0 saturated heterocycles. The van der Waals surface area contributed by atoms with Crippen LogP contribution in [0.15, 0.2) is 54.6 Å². The molecule has 0 aliphatic heterocycles. The van der Waals surface area contributed by atoms with Gasteiger partial charge in [-0.25, -0.2) is 0 Å². The van der Waals surface area contributed by atoms with Gasteiger partial charge in [-0.1, -0.05) is 31.5 Å². The van der Waals surface area contributed by atoms with Crippen LogP contribution in [0, 0.1) is 0 Å². The Labute approximate surface area is 115 Å². The normalized spacial score (nSPS) is 10.2. The number of ether oxygens (including phenoxy) is 1. The largest absolute Gasteiger partial charge is 0.497 e. The zero-order valence-corrected chi connectivity index (χ0v) is 11.7. The number of hydrogen-bond acceptors (Lipinski definition) is 2. The molecule has 0 spiro atoms. The van der Waals surface area contributed by atoms with Gasteiger partial charge >= 0.3 is 0 Å². The molecule has 0 amide bonds. The summed E-state index contributed by atoms with van der Waals surface area (Å²) in [5, 5.41) is 0. The highest BCUT2D eigenvalue weighted by Gasteiger charge is 2.08. The first-order chi connectivity index (χ1) is 9.35. The fourth-order valence-electron chi connectivity index (χ4n) is 2.09. The molecule has 0 aliphatic rings. The Morgan fingerprint density at radius 2 is 1.53 bits per heavy atom. The van der Waals surface area contributed by atoms with E-state index in [4.69, 9.17) is 4.74 Å². The van der Waals surface area contributed by atoms with Crippen molar-refractivity contribution in [3.63, 3.8) is 0 Å². The first kappa shape index (κ1) is 13.5. The van der Waals surface area contributed by atoms with E-state index in [1.807, 2.05) is 12.1 Å². The molecule has 0 bridgehead atoms. The number of benzene rings is 2. The molecule has 0 radical (unpaired) electrons. The average Bonchev–Trinajstić information content (AvgIpc) is 2.49. The molecule has 0 heterocycles. The van der Waals surface area contributed by atoms with Crippen molar-refractivity contribution in [2.24, 2.45) is 0 Å². The molecule has 2 heteroatoms. The lowest BCUT2D eigenvalue weighted by Gasteiger charge is -2.25.